The second-order valence-electron chi connectivity index (χ2n) is 8.55. The number of nitrogens with zero attached hydrogens (tertiary/aromatic N) is 4. The molecule has 1 atom stereocenters. The van der Waals surface area contributed by atoms with E-state index in [1.165, 1.54) is 24.7 Å². The lowest BCUT2D eigenvalue weighted by molar-refractivity contribution is -0.0974. The first-order chi connectivity index (χ1) is 13.8. The summed E-state index contributed by atoms with van der Waals surface area (Å²) < 4.78 is 11.8. The van der Waals surface area contributed by atoms with Crippen molar-refractivity contribution in [2.24, 2.45) is 11.3 Å². The minimum Gasteiger partial charge on any atom is -0.354 e. The number of hydrogen-bond acceptors (Lipinski definition) is 7. The Kier molecular flexibility index (Phi) is 5.30. The molecule has 3 aromatic rings. The van der Waals surface area contributed by atoms with Gasteiger partial charge < -0.3 is 14.8 Å². The summed E-state index contributed by atoms with van der Waals surface area (Å²) in [6.07, 6.45) is 4.36. The van der Waals surface area contributed by atoms with Gasteiger partial charge in [0.15, 0.2) is 11.9 Å². The number of ether oxygens (including phenoxy) is 2. The van der Waals surface area contributed by atoms with Crippen molar-refractivity contribution < 1.29 is 14.3 Å². The zero-order chi connectivity index (χ0) is 20.8. The molecule has 8 nitrogen and oxygen atoms in total. The smallest absolute Gasteiger partial charge is 0.291 e. The maximum atomic E-state index is 12.5. The fourth-order valence-corrected chi connectivity index (χ4v) is 5.19. The van der Waals surface area contributed by atoms with Gasteiger partial charge in [0.2, 0.25) is 5.82 Å². The summed E-state index contributed by atoms with van der Waals surface area (Å²) in [4.78, 5) is 24.0. The molecule has 0 radical (unpaired) electrons. The largest absolute Gasteiger partial charge is 0.354 e. The van der Waals surface area contributed by atoms with Crippen LogP contribution in [0.3, 0.4) is 0 Å². The van der Waals surface area contributed by atoms with Crippen molar-refractivity contribution >= 4 is 33.1 Å². The Hall–Kier alpha value is -2.10. The van der Waals surface area contributed by atoms with Crippen molar-refractivity contribution in [2.45, 2.75) is 46.3 Å². The molecule has 1 N–H and O–H groups in total. The number of thiophene rings is 1. The average molecular weight is 418 g/mol. The van der Waals surface area contributed by atoms with E-state index >= 15 is 0 Å². The van der Waals surface area contributed by atoms with Gasteiger partial charge in [0.05, 0.1) is 11.9 Å². The van der Waals surface area contributed by atoms with Gasteiger partial charge in [-0.25, -0.2) is 14.5 Å². The first-order valence-electron chi connectivity index (χ1n) is 9.81. The number of hydrogen-bond donors (Lipinski definition) is 1. The second kappa shape index (κ2) is 7.62. The van der Waals surface area contributed by atoms with Crippen LogP contribution in [-0.2, 0) is 22.3 Å². The molecule has 9 heteroatoms. The summed E-state index contributed by atoms with van der Waals surface area (Å²) in [6.45, 7) is 7.16. The molecule has 0 saturated heterocycles. The van der Waals surface area contributed by atoms with Gasteiger partial charge in [0.25, 0.3) is 5.91 Å². The fraction of sp³-hybridized carbons (Fsp3) is 0.600. The molecule has 1 aliphatic rings. The van der Waals surface area contributed by atoms with Crippen LogP contribution in [0.25, 0.3) is 15.9 Å². The van der Waals surface area contributed by atoms with E-state index in [-0.39, 0.29) is 18.3 Å². The number of nitrogens with one attached hydrogen (secondary N) is 1. The summed E-state index contributed by atoms with van der Waals surface area (Å²) in [5, 5.41) is 8.11. The molecule has 156 valence electrons. The monoisotopic (exact) mass is 417 g/mol. The highest BCUT2D eigenvalue weighted by atomic mass is 32.1. The van der Waals surface area contributed by atoms with Crippen LogP contribution in [0, 0.1) is 11.3 Å². The highest BCUT2D eigenvalue weighted by Gasteiger charge is 2.32. The van der Waals surface area contributed by atoms with Crippen molar-refractivity contribution in [2.75, 3.05) is 20.8 Å². The van der Waals surface area contributed by atoms with Crippen LogP contribution >= 0.6 is 11.3 Å². The highest BCUT2D eigenvalue weighted by Crippen LogP contribution is 2.43. The summed E-state index contributed by atoms with van der Waals surface area (Å²) >= 11 is 1.75. The maximum Gasteiger partial charge on any atom is 0.291 e. The predicted octanol–water partition coefficient (Wildman–Crippen LogP) is 2.84. The number of carbonyl (C=O) groups excluding carboxylic acids is 1. The molecule has 1 unspecified atom stereocenters. The zero-order valence-electron chi connectivity index (χ0n) is 17.5. The molecule has 3 aromatic heterocycles. The van der Waals surface area contributed by atoms with Crippen LogP contribution in [0.5, 0.6) is 0 Å². The van der Waals surface area contributed by atoms with Gasteiger partial charge in [-0.2, -0.15) is 0 Å². The highest BCUT2D eigenvalue weighted by molar-refractivity contribution is 7.19. The van der Waals surface area contributed by atoms with E-state index in [1.807, 2.05) is 0 Å². The van der Waals surface area contributed by atoms with Gasteiger partial charge in [-0.15, -0.1) is 16.4 Å². The van der Waals surface area contributed by atoms with E-state index < -0.39 is 6.29 Å². The standard InChI is InChI=1S/C20H27N5O3S/c1-20(2,3)11-6-7-12-13(8-11)29-19-15(12)17-23-16(24-25(17)10-22-19)18(26)21-9-14(27-4)28-5/h10-11,14H,6-9H2,1-5H3,(H,21,26). The van der Waals surface area contributed by atoms with Crippen molar-refractivity contribution in [3.8, 4) is 0 Å². The Morgan fingerprint density at radius 3 is 2.83 bits per heavy atom. The lowest BCUT2D eigenvalue weighted by Gasteiger charge is -2.33. The Morgan fingerprint density at radius 1 is 1.38 bits per heavy atom. The first-order valence-corrected chi connectivity index (χ1v) is 10.6. The number of fused-ring (bicyclic) bond motifs is 5. The molecule has 0 saturated carbocycles. The van der Waals surface area contributed by atoms with Crippen LogP contribution in [0.2, 0.25) is 0 Å². The second-order valence-corrected chi connectivity index (χ2v) is 9.63. The molecule has 0 fully saturated rings. The van der Waals surface area contributed by atoms with Gasteiger partial charge in [0.1, 0.15) is 11.2 Å². The zero-order valence-corrected chi connectivity index (χ0v) is 18.3. The summed E-state index contributed by atoms with van der Waals surface area (Å²) in [7, 11) is 3.05. The van der Waals surface area contributed by atoms with E-state index in [4.69, 9.17) is 9.47 Å². The van der Waals surface area contributed by atoms with Crippen LogP contribution in [0.15, 0.2) is 6.33 Å². The van der Waals surface area contributed by atoms with Gasteiger partial charge in [-0.3, -0.25) is 4.79 Å². The Balaban J connectivity index is 1.66. The van der Waals surface area contributed by atoms with E-state index in [9.17, 15) is 4.79 Å². The van der Waals surface area contributed by atoms with Crippen LogP contribution < -0.4 is 5.32 Å². The van der Waals surface area contributed by atoms with Crippen molar-refractivity contribution in [3.63, 3.8) is 0 Å². The first kappa shape index (κ1) is 20.2. The lowest BCUT2D eigenvalue weighted by Crippen LogP contribution is -2.34. The van der Waals surface area contributed by atoms with Crippen LogP contribution in [0.4, 0.5) is 0 Å². The number of carbonyl (C=O) groups is 1. The van der Waals surface area contributed by atoms with Gasteiger partial charge in [-0.1, -0.05) is 20.8 Å². The third-order valence-electron chi connectivity index (χ3n) is 5.77. The van der Waals surface area contributed by atoms with Gasteiger partial charge in [0, 0.05) is 19.1 Å². The Morgan fingerprint density at radius 2 is 2.14 bits per heavy atom. The Bertz CT molecular complexity index is 1050. The van der Waals surface area contributed by atoms with Crippen molar-refractivity contribution in [1.29, 1.82) is 0 Å². The molecule has 1 aliphatic carbocycles. The average Bonchev–Trinajstić information content (AvgIpc) is 3.28. The minimum absolute atomic E-state index is 0.119. The topological polar surface area (TPSA) is 90.6 Å². The number of methoxy groups -OCH3 is 2. The summed E-state index contributed by atoms with van der Waals surface area (Å²) in [5.74, 6) is 0.416. The number of aryl methyl sites for hydroxylation is 1. The predicted molar refractivity (Wildman–Crippen MR) is 111 cm³/mol. The van der Waals surface area contributed by atoms with E-state index in [0.29, 0.717) is 17.0 Å². The molecular formula is C20H27N5O3S. The number of aromatic nitrogens is 4. The van der Waals surface area contributed by atoms with Crippen molar-refractivity contribution in [3.05, 3.63) is 22.6 Å². The molecule has 0 spiro atoms. The van der Waals surface area contributed by atoms with Crippen LogP contribution in [-0.4, -0.2) is 52.5 Å². The number of rotatable bonds is 5. The fourth-order valence-electron chi connectivity index (χ4n) is 3.93. The van der Waals surface area contributed by atoms with Gasteiger partial charge in [-0.05, 0) is 36.2 Å². The van der Waals surface area contributed by atoms with Gasteiger partial charge >= 0.3 is 0 Å². The normalized spacial score (nSPS) is 17.2. The molecule has 0 aliphatic heterocycles. The van der Waals surface area contributed by atoms with E-state index in [1.54, 1.807) is 22.2 Å². The number of amides is 1. The van der Waals surface area contributed by atoms with Crippen molar-refractivity contribution in [1.82, 2.24) is 24.9 Å². The lowest BCUT2D eigenvalue weighted by atomic mass is 9.72. The van der Waals surface area contributed by atoms with E-state index in [2.05, 4.69) is 41.2 Å². The quantitative estimate of drug-likeness (QED) is 0.642. The molecule has 1 amide bonds. The molecule has 0 bridgehead atoms. The Labute approximate surface area is 173 Å². The third kappa shape index (κ3) is 3.74. The maximum absolute atomic E-state index is 12.5. The molecule has 3 heterocycles. The molecular weight excluding hydrogens is 390 g/mol. The summed E-state index contributed by atoms with van der Waals surface area (Å²) in [6, 6.07) is 0. The minimum atomic E-state index is -0.510. The van der Waals surface area contributed by atoms with Crippen LogP contribution in [0.1, 0.15) is 48.3 Å². The molecule has 0 aromatic carbocycles. The SMILES string of the molecule is COC(CNC(=O)c1nc2c3c4c(sc3ncn2n1)CC(C(C)(C)C)CC4)OC. The van der Waals surface area contributed by atoms with E-state index in [0.717, 1.165) is 29.5 Å². The molecule has 4 rings (SSSR count). The third-order valence-corrected chi connectivity index (χ3v) is 6.93. The molecule has 29 heavy (non-hydrogen) atoms. The summed E-state index contributed by atoms with van der Waals surface area (Å²) in [5.41, 5.74) is 2.31.